The summed E-state index contributed by atoms with van der Waals surface area (Å²) in [5, 5.41) is 0. The fraction of sp³-hybridized carbons (Fsp3) is 0.533. The van der Waals surface area contributed by atoms with Crippen molar-refractivity contribution in [3.63, 3.8) is 0 Å². The Bertz CT molecular complexity index is 379. The van der Waals surface area contributed by atoms with Crippen LogP contribution in [0.1, 0.15) is 38.2 Å². The summed E-state index contributed by atoms with van der Waals surface area (Å²) in [6.45, 7) is 1.90. The van der Waals surface area contributed by atoms with Crippen LogP contribution < -0.4 is 5.73 Å². The van der Waals surface area contributed by atoms with E-state index in [-0.39, 0.29) is 5.78 Å². The van der Waals surface area contributed by atoms with Crippen molar-refractivity contribution in [3.05, 3.63) is 35.9 Å². The van der Waals surface area contributed by atoms with Gasteiger partial charge in [0.25, 0.3) is 0 Å². The molecule has 17 heavy (non-hydrogen) atoms. The van der Waals surface area contributed by atoms with Crippen LogP contribution in [0.25, 0.3) is 0 Å². The Kier molecular flexibility index (Phi) is 3.63. The van der Waals surface area contributed by atoms with Crippen molar-refractivity contribution in [2.75, 3.05) is 0 Å². The van der Waals surface area contributed by atoms with Crippen LogP contribution in [0.2, 0.25) is 0 Å². The summed E-state index contributed by atoms with van der Waals surface area (Å²) in [6.07, 6.45) is 4.73. The molecule has 0 radical (unpaired) electrons. The van der Waals surface area contributed by atoms with E-state index in [0.717, 1.165) is 25.7 Å². The lowest BCUT2D eigenvalue weighted by Gasteiger charge is -2.22. The van der Waals surface area contributed by atoms with Crippen molar-refractivity contribution < 1.29 is 4.79 Å². The number of rotatable bonds is 6. The van der Waals surface area contributed by atoms with E-state index in [1.807, 2.05) is 25.1 Å². The highest BCUT2D eigenvalue weighted by Gasteiger charge is 2.43. The molecule has 1 fully saturated rings. The van der Waals surface area contributed by atoms with Gasteiger partial charge in [0, 0.05) is 6.42 Å². The van der Waals surface area contributed by atoms with Crippen LogP contribution in [0, 0.1) is 5.92 Å². The first-order chi connectivity index (χ1) is 8.10. The molecule has 0 bridgehead atoms. The zero-order valence-electron chi connectivity index (χ0n) is 10.5. The fourth-order valence-corrected chi connectivity index (χ4v) is 2.28. The monoisotopic (exact) mass is 231 g/mol. The Morgan fingerprint density at radius 1 is 1.35 bits per heavy atom. The third-order valence-electron chi connectivity index (χ3n) is 3.74. The summed E-state index contributed by atoms with van der Waals surface area (Å²) < 4.78 is 0. The minimum atomic E-state index is -0.573. The summed E-state index contributed by atoms with van der Waals surface area (Å²) in [5.41, 5.74) is 6.82. The Morgan fingerprint density at radius 2 is 2.00 bits per heavy atom. The van der Waals surface area contributed by atoms with Gasteiger partial charge in [0.1, 0.15) is 0 Å². The largest absolute Gasteiger partial charge is 0.319 e. The SMILES string of the molecule is CC(N)(C(=O)CCCc1ccccc1)C1CC1. The van der Waals surface area contributed by atoms with Crippen molar-refractivity contribution in [2.24, 2.45) is 11.7 Å². The lowest BCUT2D eigenvalue weighted by molar-refractivity contribution is -0.124. The third-order valence-corrected chi connectivity index (χ3v) is 3.74. The zero-order chi connectivity index (χ0) is 12.3. The number of carbonyl (C=O) groups excluding carboxylic acids is 1. The number of Topliss-reactive ketones (excluding diaryl/α,β-unsaturated/α-hetero) is 1. The van der Waals surface area contributed by atoms with Crippen LogP contribution in [0.15, 0.2) is 30.3 Å². The lowest BCUT2D eigenvalue weighted by Crippen LogP contribution is -2.47. The van der Waals surface area contributed by atoms with Crippen molar-refractivity contribution in [3.8, 4) is 0 Å². The maximum absolute atomic E-state index is 12.0. The van der Waals surface area contributed by atoms with Crippen LogP contribution in [0.4, 0.5) is 0 Å². The van der Waals surface area contributed by atoms with Gasteiger partial charge in [0.05, 0.1) is 5.54 Å². The molecule has 0 aromatic heterocycles. The normalized spacial score (nSPS) is 18.7. The van der Waals surface area contributed by atoms with Gasteiger partial charge in [-0.2, -0.15) is 0 Å². The van der Waals surface area contributed by atoms with E-state index in [9.17, 15) is 4.79 Å². The average Bonchev–Trinajstić information content (AvgIpc) is 3.14. The van der Waals surface area contributed by atoms with Crippen LogP contribution in [0.3, 0.4) is 0 Å². The van der Waals surface area contributed by atoms with Crippen molar-refractivity contribution in [1.82, 2.24) is 0 Å². The van der Waals surface area contributed by atoms with Gasteiger partial charge in [-0.15, -0.1) is 0 Å². The molecule has 0 aliphatic heterocycles. The highest BCUT2D eigenvalue weighted by atomic mass is 16.1. The average molecular weight is 231 g/mol. The fourth-order valence-electron chi connectivity index (χ4n) is 2.28. The standard InChI is InChI=1S/C15H21NO/c1-15(16,13-10-11-13)14(17)9-5-8-12-6-3-2-4-7-12/h2-4,6-7,13H,5,8-11,16H2,1H3. The molecule has 1 saturated carbocycles. The quantitative estimate of drug-likeness (QED) is 0.818. The number of carbonyl (C=O) groups is 1. The summed E-state index contributed by atoms with van der Waals surface area (Å²) in [7, 11) is 0. The first-order valence-corrected chi connectivity index (χ1v) is 6.47. The van der Waals surface area contributed by atoms with Crippen LogP contribution in [-0.4, -0.2) is 11.3 Å². The van der Waals surface area contributed by atoms with Gasteiger partial charge in [0.15, 0.2) is 5.78 Å². The molecule has 1 atom stereocenters. The third kappa shape index (κ3) is 3.16. The number of ketones is 1. The molecular formula is C15H21NO. The molecule has 2 rings (SSSR count). The number of aryl methyl sites for hydroxylation is 1. The maximum atomic E-state index is 12.0. The van der Waals surface area contributed by atoms with Crippen LogP contribution in [0.5, 0.6) is 0 Å². The Hall–Kier alpha value is -1.15. The van der Waals surface area contributed by atoms with E-state index in [1.165, 1.54) is 5.56 Å². The summed E-state index contributed by atoms with van der Waals surface area (Å²) in [6, 6.07) is 10.3. The van der Waals surface area contributed by atoms with E-state index in [4.69, 9.17) is 5.73 Å². The molecule has 0 saturated heterocycles. The molecule has 1 aliphatic carbocycles. The van der Waals surface area contributed by atoms with Gasteiger partial charge in [0.2, 0.25) is 0 Å². The minimum absolute atomic E-state index is 0.232. The molecule has 92 valence electrons. The highest BCUT2D eigenvalue weighted by molar-refractivity contribution is 5.88. The maximum Gasteiger partial charge on any atom is 0.152 e. The van der Waals surface area contributed by atoms with Gasteiger partial charge in [-0.25, -0.2) is 0 Å². The summed E-state index contributed by atoms with van der Waals surface area (Å²) in [5.74, 6) is 0.669. The van der Waals surface area contributed by atoms with Crippen LogP contribution >= 0.6 is 0 Å². The molecule has 2 nitrogen and oxygen atoms in total. The van der Waals surface area contributed by atoms with E-state index < -0.39 is 5.54 Å². The second kappa shape index (κ2) is 5.01. The first kappa shape index (κ1) is 12.3. The number of hydrogen-bond donors (Lipinski definition) is 1. The van der Waals surface area contributed by atoms with Crippen molar-refractivity contribution >= 4 is 5.78 Å². The zero-order valence-corrected chi connectivity index (χ0v) is 10.5. The van der Waals surface area contributed by atoms with Gasteiger partial charge < -0.3 is 5.73 Å². The van der Waals surface area contributed by atoms with Gasteiger partial charge >= 0.3 is 0 Å². The second-order valence-corrected chi connectivity index (χ2v) is 5.32. The molecule has 1 aromatic carbocycles. The summed E-state index contributed by atoms with van der Waals surface area (Å²) >= 11 is 0. The van der Waals surface area contributed by atoms with E-state index in [0.29, 0.717) is 12.3 Å². The lowest BCUT2D eigenvalue weighted by atomic mass is 9.88. The van der Waals surface area contributed by atoms with E-state index >= 15 is 0 Å². The van der Waals surface area contributed by atoms with Gasteiger partial charge in [-0.1, -0.05) is 30.3 Å². The molecule has 1 aliphatic rings. The molecular weight excluding hydrogens is 210 g/mol. The molecule has 0 spiro atoms. The first-order valence-electron chi connectivity index (χ1n) is 6.47. The minimum Gasteiger partial charge on any atom is -0.319 e. The second-order valence-electron chi connectivity index (χ2n) is 5.32. The van der Waals surface area contributed by atoms with E-state index in [2.05, 4.69) is 12.1 Å². The van der Waals surface area contributed by atoms with E-state index in [1.54, 1.807) is 0 Å². The molecule has 2 N–H and O–H groups in total. The summed E-state index contributed by atoms with van der Waals surface area (Å²) in [4.78, 5) is 12.0. The Balaban J connectivity index is 1.77. The topological polar surface area (TPSA) is 43.1 Å². The molecule has 0 amide bonds. The molecule has 2 heteroatoms. The Morgan fingerprint density at radius 3 is 2.59 bits per heavy atom. The van der Waals surface area contributed by atoms with Crippen molar-refractivity contribution in [1.29, 1.82) is 0 Å². The molecule has 1 unspecified atom stereocenters. The molecule has 1 aromatic rings. The number of hydrogen-bond acceptors (Lipinski definition) is 2. The highest BCUT2D eigenvalue weighted by Crippen LogP contribution is 2.39. The Labute approximate surface area is 103 Å². The number of benzene rings is 1. The van der Waals surface area contributed by atoms with Crippen LogP contribution in [-0.2, 0) is 11.2 Å². The van der Waals surface area contributed by atoms with Crippen molar-refractivity contribution in [2.45, 2.75) is 44.6 Å². The number of nitrogens with two attached hydrogens (primary N) is 1. The predicted octanol–water partition coefficient (Wildman–Crippen LogP) is 2.71. The predicted molar refractivity (Wildman–Crippen MR) is 69.7 cm³/mol. The van der Waals surface area contributed by atoms with Gasteiger partial charge in [-0.3, -0.25) is 4.79 Å². The molecule has 0 heterocycles. The smallest absolute Gasteiger partial charge is 0.152 e. The van der Waals surface area contributed by atoms with Gasteiger partial charge in [-0.05, 0) is 44.1 Å².